The molecule has 11 rings (SSSR count). The van der Waals surface area contributed by atoms with E-state index in [1.165, 1.54) is 6.07 Å². The predicted molar refractivity (Wildman–Crippen MR) is 259 cm³/mol. The van der Waals surface area contributed by atoms with Crippen LogP contribution in [0.25, 0.3) is 105 Å². The topological polar surface area (TPSA) is 91.6 Å². The standard InChI is InChI=1S/C55H38F3N9/c1-30-25-37(27-38(26-30)55(56,57)58)39-15-11-19-49(66-45-17-9-7-13-40(45)42-28-35(21-23-47(42)66)53-62-31(2)60-32(3)63-53)51(39)52-44(59-6)16-12-20-50(52)67-46-18-10-8-14-41(46)43-29-36(22-24-48(43)67)54-64-33(4)61-34(5)65-54/h7-29H,1-5H3. The molecule has 0 N–H and O–H groups in total. The van der Waals surface area contributed by atoms with Gasteiger partial charge in [-0.25, -0.2) is 34.7 Å². The molecule has 0 saturated carbocycles. The summed E-state index contributed by atoms with van der Waals surface area (Å²) in [5.74, 6) is 3.58. The maximum atomic E-state index is 14.7. The summed E-state index contributed by atoms with van der Waals surface area (Å²) in [4.78, 5) is 31.6. The van der Waals surface area contributed by atoms with Crippen molar-refractivity contribution in [2.24, 2.45) is 0 Å². The van der Waals surface area contributed by atoms with Crippen LogP contribution in [0.1, 0.15) is 34.4 Å². The molecule has 0 fully saturated rings. The Labute approximate surface area is 382 Å². The van der Waals surface area contributed by atoms with Crippen molar-refractivity contribution in [3.8, 4) is 56.4 Å². The van der Waals surface area contributed by atoms with Crippen LogP contribution >= 0.6 is 0 Å². The van der Waals surface area contributed by atoms with Gasteiger partial charge in [0, 0.05) is 49.5 Å². The maximum absolute atomic E-state index is 14.7. The quantitative estimate of drug-likeness (QED) is 0.155. The number of alkyl halides is 3. The molecular formula is C55H38F3N9. The predicted octanol–water partition coefficient (Wildman–Crippen LogP) is 14.0. The van der Waals surface area contributed by atoms with Gasteiger partial charge in [-0.3, -0.25) is 0 Å². The van der Waals surface area contributed by atoms with E-state index in [1.807, 2.05) is 119 Å². The number of para-hydroxylation sites is 2. The lowest BCUT2D eigenvalue weighted by molar-refractivity contribution is -0.137. The van der Waals surface area contributed by atoms with Crippen LogP contribution in [-0.4, -0.2) is 39.0 Å². The van der Waals surface area contributed by atoms with Gasteiger partial charge in [0.1, 0.15) is 23.3 Å². The van der Waals surface area contributed by atoms with E-state index in [4.69, 9.17) is 6.57 Å². The minimum atomic E-state index is -4.60. The molecule has 0 amide bonds. The molecule has 4 aromatic heterocycles. The second-order valence-corrected chi connectivity index (χ2v) is 16.7. The van der Waals surface area contributed by atoms with E-state index in [0.717, 1.165) is 60.8 Å². The van der Waals surface area contributed by atoms with Crippen molar-refractivity contribution in [3.05, 3.63) is 185 Å². The van der Waals surface area contributed by atoms with Crippen LogP contribution in [-0.2, 0) is 6.18 Å². The van der Waals surface area contributed by atoms with Crippen LogP contribution < -0.4 is 0 Å². The fourth-order valence-electron chi connectivity index (χ4n) is 9.63. The lowest BCUT2D eigenvalue weighted by Gasteiger charge is -2.23. The van der Waals surface area contributed by atoms with Crippen molar-refractivity contribution in [3.63, 3.8) is 0 Å². The molecule has 0 atom stereocenters. The van der Waals surface area contributed by atoms with Crippen molar-refractivity contribution in [1.82, 2.24) is 39.0 Å². The minimum Gasteiger partial charge on any atom is -0.310 e. The molecule has 9 nitrogen and oxygen atoms in total. The number of aromatic nitrogens is 8. The summed E-state index contributed by atoms with van der Waals surface area (Å²) in [6.07, 6.45) is -4.60. The second kappa shape index (κ2) is 15.6. The summed E-state index contributed by atoms with van der Waals surface area (Å²) in [7, 11) is 0. The number of hydrogen-bond acceptors (Lipinski definition) is 6. The lowest BCUT2D eigenvalue weighted by atomic mass is 9.89. The first kappa shape index (κ1) is 41.2. The number of benzene rings is 7. The smallest absolute Gasteiger partial charge is 0.310 e. The fourth-order valence-corrected chi connectivity index (χ4v) is 9.63. The Morgan fingerprint density at radius 1 is 0.448 bits per heavy atom. The van der Waals surface area contributed by atoms with Gasteiger partial charge in [0.25, 0.3) is 0 Å². The van der Waals surface area contributed by atoms with Gasteiger partial charge in [0.15, 0.2) is 17.3 Å². The summed E-state index contributed by atoms with van der Waals surface area (Å²) in [5, 5.41) is 3.78. The largest absolute Gasteiger partial charge is 0.416 e. The monoisotopic (exact) mass is 881 g/mol. The Morgan fingerprint density at radius 2 is 0.925 bits per heavy atom. The molecule has 7 aromatic carbocycles. The molecule has 0 aliphatic heterocycles. The van der Waals surface area contributed by atoms with Crippen LogP contribution in [0.15, 0.2) is 140 Å². The molecule has 0 saturated heterocycles. The zero-order valence-electron chi connectivity index (χ0n) is 36.9. The molecule has 0 unspecified atom stereocenters. The third-order valence-corrected chi connectivity index (χ3v) is 12.2. The molecule has 0 aliphatic carbocycles. The van der Waals surface area contributed by atoms with E-state index in [1.54, 1.807) is 19.1 Å². The first-order chi connectivity index (χ1) is 32.3. The van der Waals surface area contributed by atoms with Gasteiger partial charge in [-0.2, -0.15) is 13.2 Å². The van der Waals surface area contributed by atoms with Gasteiger partial charge in [0.2, 0.25) is 0 Å². The number of fused-ring (bicyclic) bond motifs is 6. The molecule has 0 spiro atoms. The van der Waals surface area contributed by atoms with Gasteiger partial charge in [0.05, 0.1) is 39.9 Å². The highest BCUT2D eigenvalue weighted by Crippen LogP contribution is 2.49. The van der Waals surface area contributed by atoms with E-state index in [-0.39, 0.29) is 0 Å². The summed E-state index contributed by atoms with van der Waals surface area (Å²) in [5.41, 5.74) is 8.53. The van der Waals surface area contributed by atoms with Crippen molar-refractivity contribution in [2.45, 2.75) is 40.8 Å². The van der Waals surface area contributed by atoms with Gasteiger partial charge in [-0.1, -0.05) is 66.7 Å². The van der Waals surface area contributed by atoms with Gasteiger partial charge in [-0.15, -0.1) is 0 Å². The Morgan fingerprint density at radius 3 is 1.43 bits per heavy atom. The highest BCUT2D eigenvalue weighted by atomic mass is 19.4. The summed E-state index contributed by atoms with van der Waals surface area (Å²) >= 11 is 0. The van der Waals surface area contributed by atoms with E-state index >= 15 is 0 Å². The molecule has 324 valence electrons. The number of rotatable bonds is 6. The minimum absolute atomic E-state index is 0.331. The van der Waals surface area contributed by atoms with Crippen LogP contribution in [0.5, 0.6) is 0 Å². The maximum Gasteiger partial charge on any atom is 0.416 e. The fraction of sp³-hybridized carbons (Fsp3) is 0.109. The normalized spacial score (nSPS) is 11.9. The van der Waals surface area contributed by atoms with E-state index < -0.39 is 11.7 Å². The molecule has 0 radical (unpaired) electrons. The van der Waals surface area contributed by atoms with Crippen LogP contribution in [0.2, 0.25) is 0 Å². The zero-order valence-corrected chi connectivity index (χ0v) is 36.9. The first-order valence-corrected chi connectivity index (χ1v) is 21.6. The molecule has 11 aromatic rings. The number of aryl methyl sites for hydroxylation is 5. The van der Waals surface area contributed by atoms with Gasteiger partial charge < -0.3 is 9.13 Å². The molecule has 12 heteroatoms. The number of halogens is 3. The second-order valence-electron chi connectivity index (χ2n) is 16.7. The van der Waals surface area contributed by atoms with Crippen molar-refractivity contribution < 1.29 is 13.2 Å². The Kier molecular flexibility index (Phi) is 9.56. The van der Waals surface area contributed by atoms with Crippen LogP contribution in [0.3, 0.4) is 0 Å². The average Bonchev–Trinajstić information content (AvgIpc) is 3.82. The highest BCUT2D eigenvalue weighted by molar-refractivity contribution is 6.14. The third-order valence-electron chi connectivity index (χ3n) is 12.2. The average molecular weight is 882 g/mol. The van der Waals surface area contributed by atoms with E-state index in [2.05, 4.69) is 68.1 Å². The number of hydrogen-bond donors (Lipinski definition) is 0. The first-order valence-electron chi connectivity index (χ1n) is 21.6. The zero-order chi connectivity index (χ0) is 46.3. The van der Waals surface area contributed by atoms with E-state index in [0.29, 0.717) is 79.8 Å². The third kappa shape index (κ3) is 6.94. The SMILES string of the molecule is [C-]#[N+]c1cccc(-n2c3ccccc3c3cc(-c4nc(C)nc(C)n4)ccc32)c1-c1c(-c2cc(C)cc(C(F)(F)F)c2)cccc1-n1c2ccccc2c2cc(-c3nc(C)nc(C)n3)ccc21. The lowest BCUT2D eigenvalue weighted by Crippen LogP contribution is -2.06. The van der Waals surface area contributed by atoms with Gasteiger partial charge >= 0.3 is 6.18 Å². The Bertz CT molecular complexity index is 3850. The van der Waals surface area contributed by atoms with Crippen LogP contribution in [0.4, 0.5) is 18.9 Å². The summed E-state index contributed by atoms with van der Waals surface area (Å²) in [6, 6.07) is 43.8. The van der Waals surface area contributed by atoms with Crippen LogP contribution in [0, 0.1) is 41.2 Å². The molecular weight excluding hydrogens is 844 g/mol. The summed E-state index contributed by atoms with van der Waals surface area (Å²) in [6.45, 7) is 17.8. The van der Waals surface area contributed by atoms with E-state index in [9.17, 15) is 13.2 Å². The van der Waals surface area contributed by atoms with Crippen molar-refractivity contribution in [2.75, 3.05) is 0 Å². The van der Waals surface area contributed by atoms with Gasteiger partial charge in [-0.05, 0) is 124 Å². The van der Waals surface area contributed by atoms with Crippen molar-refractivity contribution in [1.29, 1.82) is 0 Å². The highest BCUT2D eigenvalue weighted by Gasteiger charge is 2.32. The summed E-state index contributed by atoms with van der Waals surface area (Å²) < 4.78 is 48.4. The molecule has 4 heterocycles. The Hall–Kier alpha value is -8.56. The molecule has 0 bridgehead atoms. The number of nitrogens with zero attached hydrogens (tertiary/aromatic N) is 9. The Balaban J connectivity index is 1.25. The molecule has 0 aliphatic rings. The van der Waals surface area contributed by atoms with Crippen molar-refractivity contribution >= 4 is 49.3 Å². The molecule has 67 heavy (non-hydrogen) atoms.